The zero-order valence-electron chi connectivity index (χ0n) is 10.6. The lowest BCUT2D eigenvalue weighted by atomic mass is 10.3. The molecular weight excluding hydrogens is 268 g/mol. The molecule has 1 fully saturated rings. The first-order valence-corrected chi connectivity index (χ1v) is 7.18. The second kappa shape index (κ2) is 8.45. The molecule has 1 saturated heterocycles. The molecule has 0 bridgehead atoms. The van der Waals surface area contributed by atoms with Crippen LogP contribution in [0.4, 0.5) is 0 Å². The third-order valence-corrected chi connectivity index (χ3v) is 3.62. The van der Waals surface area contributed by atoms with Crippen LogP contribution in [-0.4, -0.2) is 68.1 Å². The van der Waals surface area contributed by atoms with Gasteiger partial charge in [-0.05, 0) is 52.5 Å². The van der Waals surface area contributed by atoms with Crippen molar-refractivity contribution in [2.24, 2.45) is 0 Å². The Hall–Kier alpha value is 0.360. The highest BCUT2D eigenvalue weighted by molar-refractivity contribution is 9.09. The predicted octanol–water partition coefficient (Wildman–Crippen LogP) is 1.81. The largest absolute Gasteiger partial charge is 0.383 e. The second-order valence-electron chi connectivity index (χ2n) is 4.72. The topological polar surface area (TPSA) is 15.7 Å². The van der Waals surface area contributed by atoms with Crippen LogP contribution in [0.15, 0.2) is 0 Å². The molecule has 4 heteroatoms. The van der Waals surface area contributed by atoms with Gasteiger partial charge in [0.05, 0.1) is 11.4 Å². The van der Waals surface area contributed by atoms with Gasteiger partial charge >= 0.3 is 0 Å². The Kier molecular flexibility index (Phi) is 7.62. The molecule has 0 spiro atoms. The first-order valence-electron chi connectivity index (χ1n) is 6.26. The number of ether oxygens (including phenoxy) is 1. The van der Waals surface area contributed by atoms with Gasteiger partial charge in [0.1, 0.15) is 0 Å². The fraction of sp³-hybridized carbons (Fsp3) is 1.00. The maximum Gasteiger partial charge on any atom is 0.0600 e. The summed E-state index contributed by atoms with van der Waals surface area (Å²) in [5.74, 6) is 0. The molecule has 0 aromatic rings. The molecule has 0 aromatic carbocycles. The number of nitrogens with zero attached hydrogens (tertiary/aromatic N) is 2. The Balaban J connectivity index is 1.98. The Morgan fingerprint density at radius 2 is 2.06 bits per heavy atom. The van der Waals surface area contributed by atoms with Crippen LogP contribution in [0, 0.1) is 0 Å². The van der Waals surface area contributed by atoms with Crippen LogP contribution in [0.2, 0.25) is 0 Å². The third kappa shape index (κ3) is 6.18. The molecule has 3 nitrogen and oxygen atoms in total. The smallest absolute Gasteiger partial charge is 0.0600 e. The van der Waals surface area contributed by atoms with E-state index in [1.165, 1.54) is 45.4 Å². The van der Waals surface area contributed by atoms with Crippen molar-refractivity contribution in [3.63, 3.8) is 0 Å². The molecule has 0 radical (unpaired) electrons. The van der Waals surface area contributed by atoms with Crippen molar-refractivity contribution in [3.8, 4) is 0 Å². The van der Waals surface area contributed by atoms with Gasteiger partial charge in [0.2, 0.25) is 0 Å². The Morgan fingerprint density at radius 1 is 1.38 bits per heavy atom. The van der Waals surface area contributed by atoms with Crippen molar-refractivity contribution in [1.29, 1.82) is 0 Å². The molecular formula is C12H25BrN2O. The molecule has 1 aliphatic heterocycles. The minimum Gasteiger partial charge on any atom is -0.383 e. The molecule has 1 aliphatic rings. The summed E-state index contributed by atoms with van der Waals surface area (Å²) in [6.45, 7) is 6.93. The van der Waals surface area contributed by atoms with E-state index in [0.717, 1.165) is 13.2 Å². The summed E-state index contributed by atoms with van der Waals surface area (Å²) in [7, 11) is 3.94. The fourth-order valence-corrected chi connectivity index (χ4v) is 2.99. The van der Waals surface area contributed by atoms with Crippen molar-refractivity contribution in [2.45, 2.75) is 24.1 Å². The molecule has 1 rings (SSSR count). The van der Waals surface area contributed by atoms with Gasteiger partial charge in [-0.1, -0.05) is 15.9 Å². The van der Waals surface area contributed by atoms with Crippen LogP contribution in [0.3, 0.4) is 0 Å². The zero-order valence-corrected chi connectivity index (χ0v) is 12.2. The van der Waals surface area contributed by atoms with Gasteiger partial charge in [0.15, 0.2) is 0 Å². The van der Waals surface area contributed by atoms with E-state index >= 15 is 0 Å². The first kappa shape index (κ1) is 14.4. The van der Waals surface area contributed by atoms with Gasteiger partial charge in [-0.2, -0.15) is 0 Å². The lowest BCUT2D eigenvalue weighted by Crippen LogP contribution is -2.31. The second-order valence-corrected chi connectivity index (χ2v) is 6.01. The van der Waals surface area contributed by atoms with E-state index in [1.807, 2.05) is 0 Å². The number of rotatable bonds is 8. The molecule has 0 saturated carbocycles. The summed E-state index contributed by atoms with van der Waals surface area (Å²) in [5, 5.41) is 0. The van der Waals surface area contributed by atoms with Crippen LogP contribution in [0.25, 0.3) is 0 Å². The van der Waals surface area contributed by atoms with Crippen LogP contribution in [-0.2, 0) is 4.74 Å². The van der Waals surface area contributed by atoms with Crippen molar-refractivity contribution >= 4 is 15.9 Å². The number of hydrogen-bond donors (Lipinski definition) is 0. The van der Waals surface area contributed by atoms with Crippen LogP contribution in [0.1, 0.15) is 19.3 Å². The van der Waals surface area contributed by atoms with Crippen molar-refractivity contribution in [1.82, 2.24) is 9.80 Å². The number of halogens is 1. The van der Waals surface area contributed by atoms with E-state index in [-0.39, 0.29) is 0 Å². The molecule has 1 heterocycles. The van der Waals surface area contributed by atoms with E-state index in [1.54, 1.807) is 7.11 Å². The highest BCUT2D eigenvalue weighted by Gasteiger charge is 2.11. The Labute approximate surface area is 108 Å². The molecule has 16 heavy (non-hydrogen) atoms. The van der Waals surface area contributed by atoms with E-state index < -0.39 is 0 Å². The standard InChI is InChI=1S/C12H25BrN2O/c1-14(10-12(13)11-16-2)6-5-9-15-7-3-4-8-15/h12H,3-11H2,1-2H3. The third-order valence-electron chi connectivity index (χ3n) is 3.07. The van der Waals surface area contributed by atoms with Gasteiger partial charge in [-0.25, -0.2) is 0 Å². The summed E-state index contributed by atoms with van der Waals surface area (Å²) in [4.78, 5) is 5.41. The summed E-state index contributed by atoms with van der Waals surface area (Å²) in [6, 6.07) is 0. The lowest BCUT2D eigenvalue weighted by molar-refractivity contribution is 0.184. The quantitative estimate of drug-likeness (QED) is 0.635. The average molecular weight is 293 g/mol. The SMILES string of the molecule is COCC(Br)CN(C)CCCN1CCCC1. The Bertz CT molecular complexity index is 174. The maximum absolute atomic E-state index is 5.11. The minimum absolute atomic E-state index is 0.453. The molecule has 0 amide bonds. The van der Waals surface area contributed by atoms with Crippen molar-refractivity contribution < 1.29 is 4.74 Å². The summed E-state index contributed by atoms with van der Waals surface area (Å²) >= 11 is 3.62. The number of likely N-dealkylation sites (tertiary alicyclic amines) is 1. The van der Waals surface area contributed by atoms with Gasteiger partial charge in [0, 0.05) is 13.7 Å². The van der Waals surface area contributed by atoms with E-state index in [9.17, 15) is 0 Å². The van der Waals surface area contributed by atoms with Gasteiger partial charge in [-0.15, -0.1) is 0 Å². The van der Waals surface area contributed by atoms with Crippen molar-refractivity contribution in [2.75, 3.05) is 53.5 Å². The van der Waals surface area contributed by atoms with Crippen LogP contribution in [0.5, 0.6) is 0 Å². The number of methoxy groups -OCH3 is 1. The van der Waals surface area contributed by atoms with Crippen LogP contribution < -0.4 is 0 Å². The average Bonchev–Trinajstić information content (AvgIpc) is 2.70. The fourth-order valence-electron chi connectivity index (χ4n) is 2.23. The van der Waals surface area contributed by atoms with E-state index in [2.05, 4.69) is 32.8 Å². The summed E-state index contributed by atoms with van der Waals surface area (Å²) in [6.07, 6.45) is 4.07. The Morgan fingerprint density at radius 3 is 2.69 bits per heavy atom. The van der Waals surface area contributed by atoms with Gasteiger partial charge < -0.3 is 14.5 Å². The molecule has 0 N–H and O–H groups in total. The molecule has 1 atom stereocenters. The monoisotopic (exact) mass is 292 g/mol. The van der Waals surface area contributed by atoms with E-state index in [4.69, 9.17) is 4.74 Å². The molecule has 0 aliphatic carbocycles. The summed E-state index contributed by atoms with van der Waals surface area (Å²) < 4.78 is 5.11. The van der Waals surface area contributed by atoms with Crippen molar-refractivity contribution in [3.05, 3.63) is 0 Å². The lowest BCUT2D eigenvalue weighted by Gasteiger charge is -2.21. The van der Waals surface area contributed by atoms with Crippen LogP contribution >= 0.6 is 15.9 Å². The first-order chi connectivity index (χ1) is 7.72. The predicted molar refractivity (Wildman–Crippen MR) is 72.4 cm³/mol. The maximum atomic E-state index is 5.11. The minimum atomic E-state index is 0.453. The highest BCUT2D eigenvalue weighted by atomic mass is 79.9. The molecule has 0 aromatic heterocycles. The highest BCUT2D eigenvalue weighted by Crippen LogP contribution is 2.08. The molecule has 1 unspecified atom stereocenters. The van der Waals surface area contributed by atoms with Gasteiger partial charge in [-0.3, -0.25) is 0 Å². The normalized spacial score (nSPS) is 19.5. The summed E-state index contributed by atoms with van der Waals surface area (Å²) in [5.41, 5.74) is 0. The number of hydrogen-bond acceptors (Lipinski definition) is 3. The molecule has 96 valence electrons. The zero-order chi connectivity index (χ0) is 11.8. The van der Waals surface area contributed by atoms with Gasteiger partial charge in [0.25, 0.3) is 0 Å². The van der Waals surface area contributed by atoms with E-state index in [0.29, 0.717) is 4.83 Å². The number of alkyl halides is 1.